The topological polar surface area (TPSA) is 25.6 Å². The fourth-order valence-electron chi connectivity index (χ4n) is 7.83. The second-order valence-corrected chi connectivity index (χ2v) is 13.9. The fraction of sp³-hybridized carbons (Fsp3) is 0. The van der Waals surface area contributed by atoms with Crippen molar-refractivity contribution in [2.24, 2.45) is 0 Å². The molecule has 50 heavy (non-hydrogen) atoms. The molecule has 0 atom stereocenters. The maximum Gasteiger partial charge on any atom is 0.137 e. The van der Waals surface area contributed by atoms with Gasteiger partial charge in [-0.05, 0) is 77.4 Å². The van der Waals surface area contributed by atoms with Gasteiger partial charge in [0.05, 0.1) is 16.8 Å². The van der Waals surface area contributed by atoms with E-state index >= 15 is 0 Å². The van der Waals surface area contributed by atoms with Gasteiger partial charge in [-0.25, -0.2) is 0 Å². The summed E-state index contributed by atoms with van der Waals surface area (Å²) in [5.74, 6) is 1.74. The van der Waals surface area contributed by atoms with Gasteiger partial charge in [0.25, 0.3) is 0 Å². The van der Waals surface area contributed by atoms with E-state index in [1.54, 1.807) is 0 Å². The number of fused-ring (bicyclic) bond motifs is 8. The van der Waals surface area contributed by atoms with E-state index < -0.39 is 0 Å². The summed E-state index contributed by atoms with van der Waals surface area (Å²) < 4.78 is 15.7. The summed E-state index contributed by atoms with van der Waals surface area (Å²) in [4.78, 5) is 2.41. The summed E-state index contributed by atoms with van der Waals surface area (Å²) in [7, 11) is 0. The largest absolute Gasteiger partial charge is 0.456 e. The second kappa shape index (κ2) is 10.6. The molecule has 11 rings (SSSR count). The minimum Gasteiger partial charge on any atom is -0.456 e. The highest BCUT2D eigenvalue weighted by Crippen LogP contribution is 2.52. The van der Waals surface area contributed by atoms with Crippen molar-refractivity contribution in [2.75, 3.05) is 4.90 Å². The molecule has 0 saturated heterocycles. The zero-order valence-corrected chi connectivity index (χ0v) is 27.6. The van der Waals surface area contributed by atoms with Gasteiger partial charge in [0.15, 0.2) is 0 Å². The van der Waals surface area contributed by atoms with Gasteiger partial charge < -0.3 is 14.1 Å². The van der Waals surface area contributed by atoms with Crippen LogP contribution in [0.4, 0.5) is 17.1 Å². The Balaban J connectivity index is 1.17. The Morgan fingerprint density at radius 1 is 0.420 bits per heavy atom. The first-order chi connectivity index (χ1) is 24.8. The number of para-hydroxylation sites is 1. The lowest BCUT2D eigenvalue weighted by Gasteiger charge is -2.30. The summed E-state index contributed by atoms with van der Waals surface area (Å²) >= 11 is 1.84. The third kappa shape index (κ3) is 4.03. The Hall–Kier alpha value is -6.36. The third-order valence-corrected chi connectivity index (χ3v) is 11.2. The molecular weight excluding hydrogens is 631 g/mol. The molecule has 0 spiro atoms. The number of rotatable bonds is 4. The Morgan fingerprint density at radius 3 is 2.14 bits per heavy atom. The number of hydrogen-bond donors (Lipinski definition) is 0. The number of ether oxygens (including phenoxy) is 1. The van der Waals surface area contributed by atoms with Crippen LogP contribution in [-0.2, 0) is 0 Å². The van der Waals surface area contributed by atoms with Gasteiger partial charge in [0, 0.05) is 47.6 Å². The van der Waals surface area contributed by atoms with Gasteiger partial charge in [0.1, 0.15) is 22.7 Å². The minimum atomic E-state index is 0.865. The molecule has 8 aromatic carbocycles. The molecule has 4 heteroatoms. The Morgan fingerprint density at radius 2 is 1.20 bits per heavy atom. The lowest BCUT2D eigenvalue weighted by molar-refractivity contribution is 0.487. The average molecular weight is 658 g/mol. The molecule has 0 saturated carbocycles. The highest BCUT2D eigenvalue weighted by Gasteiger charge is 2.26. The standard InChI is InChI=1S/C46H27NO2S/c1-2-10-28(11-3-1)29-20-22-31-34-14-8-15-35-37(24-25-41(45(34)35)49-42(31)26-29)47(30-21-23-33-32-12-5-7-19-43(32)50-44(33)27-30)38-16-9-18-40-46(38)36-13-4-6-17-39(36)48-40/h1-27H. The van der Waals surface area contributed by atoms with Crippen LogP contribution in [0.2, 0.25) is 0 Å². The molecule has 1 aliphatic rings. The van der Waals surface area contributed by atoms with E-state index in [2.05, 4.69) is 150 Å². The van der Waals surface area contributed by atoms with Gasteiger partial charge >= 0.3 is 0 Å². The normalized spacial score (nSPS) is 12.2. The zero-order valence-electron chi connectivity index (χ0n) is 26.8. The van der Waals surface area contributed by atoms with E-state index in [9.17, 15) is 0 Å². The van der Waals surface area contributed by atoms with E-state index in [0.29, 0.717) is 0 Å². The summed E-state index contributed by atoms with van der Waals surface area (Å²) in [5.41, 5.74) is 9.57. The molecular formula is C46H27NO2S. The molecule has 0 bridgehead atoms. The monoisotopic (exact) mass is 657 g/mol. The van der Waals surface area contributed by atoms with Crippen molar-refractivity contribution in [1.29, 1.82) is 0 Å². The lowest BCUT2D eigenvalue weighted by atomic mass is 9.92. The van der Waals surface area contributed by atoms with Gasteiger partial charge in [-0.2, -0.15) is 0 Å². The maximum atomic E-state index is 6.73. The van der Waals surface area contributed by atoms with Crippen LogP contribution in [0.1, 0.15) is 0 Å². The summed E-state index contributed by atoms with van der Waals surface area (Å²) in [6.45, 7) is 0. The minimum absolute atomic E-state index is 0.865. The number of nitrogens with zero attached hydrogens (tertiary/aromatic N) is 1. The van der Waals surface area contributed by atoms with Crippen LogP contribution < -0.4 is 9.64 Å². The molecule has 3 nitrogen and oxygen atoms in total. The van der Waals surface area contributed by atoms with Crippen molar-refractivity contribution < 1.29 is 9.15 Å². The van der Waals surface area contributed by atoms with Crippen LogP contribution >= 0.6 is 11.3 Å². The Bertz CT molecular complexity index is 2970. The molecule has 1 aliphatic heterocycles. The molecule has 0 aliphatic carbocycles. The van der Waals surface area contributed by atoms with E-state index in [-0.39, 0.29) is 0 Å². The van der Waals surface area contributed by atoms with Crippen LogP contribution in [0, 0.1) is 0 Å². The maximum absolute atomic E-state index is 6.73. The van der Waals surface area contributed by atoms with Gasteiger partial charge in [-0.15, -0.1) is 11.3 Å². The average Bonchev–Trinajstić information content (AvgIpc) is 3.74. The first-order valence-electron chi connectivity index (χ1n) is 16.8. The summed E-state index contributed by atoms with van der Waals surface area (Å²) in [5, 5.41) is 7.00. The number of furan rings is 1. The van der Waals surface area contributed by atoms with Crippen LogP contribution in [-0.4, -0.2) is 0 Å². The van der Waals surface area contributed by atoms with Gasteiger partial charge in [0.2, 0.25) is 0 Å². The van der Waals surface area contributed by atoms with E-state index in [1.165, 1.54) is 31.3 Å². The number of thiophene rings is 1. The molecule has 3 heterocycles. The van der Waals surface area contributed by atoms with Crippen LogP contribution in [0.15, 0.2) is 168 Å². The van der Waals surface area contributed by atoms with Crippen LogP contribution in [0.5, 0.6) is 11.5 Å². The molecule has 0 unspecified atom stereocenters. The third-order valence-electron chi connectivity index (χ3n) is 10.1. The number of hydrogen-bond acceptors (Lipinski definition) is 4. The van der Waals surface area contributed by atoms with Gasteiger partial charge in [-0.3, -0.25) is 0 Å². The molecule has 0 fully saturated rings. The zero-order chi connectivity index (χ0) is 32.8. The van der Waals surface area contributed by atoms with Crippen molar-refractivity contribution in [3.8, 4) is 33.8 Å². The SMILES string of the molecule is c1ccc(-c2ccc3c(c2)Oc2ccc(N(c4ccc5c(c4)sc4ccccc45)c4cccc5oc6ccccc6c45)c4cccc-3c24)cc1. The first kappa shape index (κ1) is 27.6. The Labute approximate surface area is 291 Å². The Kier molecular flexibility index (Phi) is 5.83. The molecule has 0 N–H and O–H groups in total. The number of benzene rings is 8. The van der Waals surface area contributed by atoms with Crippen molar-refractivity contribution in [2.45, 2.75) is 0 Å². The highest BCUT2D eigenvalue weighted by atomic mass is 32.1. The van der Waals surface area contributed by atoms with Crippen molar-refractivity contribution in [3.05, 3.63) is 164 Å². The van der Waals surface area contributed by atoms with E-state index in [1.807, 2.05) is 29.5 Å². The highest BCUT2D eigenvalue weighted by molar-refractivity contribution is 7.25. The summed E-state index contributed by atoms with van der Waals surface area (Å²) in [6.07, 6.45) is 0. The molecule has 0 radical (unpaired) electrons. The molecule has 234 valence electrons. The van der Waals surface area contributed by atoms with Crippen molar-refractivity contribution >= 4 is 81.3 Å². The second-order valence-electron chi connectivity index (χ2n) is 12.9. The molecule has 0 amide bonds. The van der Waals surface area contributed by atoms with Crippen molar-refractivity contribution in [1.82, 2.24) is 0 Å². The fourth-order valence-corrected chi connectivity index (χ4v) is 8.96. The summed E-state index contributed by atoms with van der Waals surface area (Å²) in [6, 6.07) is 58.3. The smallest absolute Gasteiger partial charge is 0.137 e. The van der Waals surface area contributed by atoms with Gasteiger partial charge in [-0.1, -0.05) is 103 Å². The van der Waals surface area contributed by atoms with Crippen LogP contribution in [0.25, 0.3) is 75.1 Å². The predicted molar refractivity (Wildman–Crippen MR) is 210 cm³/mol. The molecule has 2 aromatic heterocycles. The van der Waals surface area contributed by atoms with E-state index in [0.717, 1.165) is 72.4 Å². The quantitative estimate of drug-likeness (QED) is 0.188. The molecule has 10 aromatic rings. The lowest BCUT2D eigenvalue weighted by Crippen LogP contribution is -2.11. The first-order valence-corrected chi connectivity index (χ1v) is 17.7. The van der Waals surface area contributed by atoms with Crippen LogP contribution in [0.3, 0.4) is 0 Å². The predicted octanol–water partition coefficient (Wildman–Crippen LogP) is 14.0. The number of anilines is 3. The van der Waals surface area contributed by atoms with Crippen molar-refractivity contribution in [3.63, 3.8) is 0 Å². The van der Waals surface area contributed by atoms with E-state index in [4.69, 9.17) is 9.15 Å².